The molecule has 39 heavy (non-hydrogen) atoms. The lowest BCUT2D eigenvalue weighted by Gasteiger charge is -2.35. The first-order chi connectivity index (χ1) is 18.1. The first kappa shape index (κ1) is 31.7. The van der Waals surface area contributed by atoms with Crippen LogP contribution in [0, 0.1) is 26.7 Å². The molecule has 0 saturated carbocycles. The van der Waals surface area contributed by atoms with Gasteiger partial charge in [-0.05, 0) is 94.7 Å². The maximum absolute atomic E-state index is 14.2. The monoisotopic (exact) mass is 539 g/mol. The predicted molar refractivity (Wildman–Crippen MR) is 155 cm³/mol. The van der Waals surface area contributed by atoms with Crippen LogP contribution in [0.5, 0.6) is 5.75 Å². The van der Waals surface area contributed by atoms with E-state index in [0.717, 1.165) is 11.1 Å². The molecular formula is C31H45N3O5. The topological polar surface area (TPSA) is 108 Å². The zero-order valence-electron chi connectivity index (χ0n) is 24.8. The normalized spacial score (nSPS) is 13.0. The van der Waals surface area contributed by atoms with Crippen LogP contribution >= 0.6 is 0 Å². The molecule has 8 heteroatoms. The van der Waals surface area contributed by atoms with Crippen LogP contribution in [0.2, 0.25) is 0 Å². The van der Waals surface area contributed by atoms with Crippen molar-refractivity contribution in [2.24, 2.45) is 5.92 Å². The number of alkyl carbamates (subject to hydrolysis) is 1. The second-order valence-corrected chi connectivity index (χ2v) is 11.6. The van der Waals surface area contributed by atoms with Gasteiger partial charge >= 0.3 is 6.09 Å². The third kappa shape index (κ3) is 9.01. The largest absolute Gasteiger partial charge is 0.508 e. The summed E-state index contributed by atoms with van der Waals surface area (Å²) in [5.41, 5.74) is 2.93. The van der Waals surface area contributed by atoms with Crippen LogP contribution in [0.4, 0.5) is 10.5 Å². The number of amides is 3. The average molecular weight is 540 g/mol. The molecule has 0 spiro atoms. The lowest BCUT2D eigenvalue weighted by atomic mass is 9.97. The second-order valence-electron chi connectivity index (χ2n) is 11.6. The summed E-state index contributed by atoms with van der Waals surface area (Å²) in [4.78, 5) is 42.4. The van der Waals surface area contributed by atoms with E-state index >= 15 is 0 Å². The molecule has 2 rings (SSSR count). The molecule has 0 aliphatic carbocycles. The van der Waals surface area contributed by atoms with E-state index in [0.29, 0.717) is 29.7 Å². The van der Waals surface area contributed by atoms with E-state index in [2.05, 4.69) is 10.6 Å². The molecule has 0 saturated heterocycles. The van der Waals surface area contributed by atoms with E-state index in [1.807, 2.05) is 52.8 Å². The number of aromatic hydroxyl groups is 1. The van der Waals surface area contributed by atoms with E-state index in [-0.39, 0.29) is 30.0 Å². The van der Waals surface area contributed by atoms with Gasteiger partial charge in [-0.1, -0.05) is 45.0 Å². The van der Waals surface area contributed by atoms with Crippen molar-refractivity contribution in [2.45, 2.75) is 92.8 Å². The Morgan fingerprint density at radius 3 is 2.13 bits per heavy atom. The van der Waals surface area contributed by atoms with Gasteiger partial charge in [-0.2, -0.15) is 0 Å². The SMILES string of the molecule is CCCN(C(=O)C(CC(C)C)NC(=O)OC(C)(C)C)C(C(=O)Nc1c(C)cccc1C)c1ccc(O)c(C)c1. The summed E-state index contributed by atoms with van der Waals surface area (Å²) < 4.78 is 5.44. The standard InChI is InChI=1S/C31H45N3O5/c1-10-16-34(29(37)24(17-19(2)3)32-30(38)39-31(7,8)9)27(23-14-15-25(35)22(6)18-23)28(36)33-26-20(4)12-11-13-21(26)5/h11-15,18-19,24,27,35H,10,16-17H2,1-9H3,(H,32,38)(H,33,36). The van der Waals surface area contributed by atoms with Crippen LogP contribution < -0.4 is 10.6 Å². The number of nitrogens with one attached hydrogen (secondary N) is 2. The Labute approximate surface area is 233 Å². The number of carbonyl (C=O) groups excluding carboxylic acids is 3. The number of carbonyl (C=O) groups is 3. The van der Waals surface area contributed by atoms with E-state index in [4.69, 9.17) is 4.74 Å². The molecule has 2 aromatic rings. The highest BCUT2D eigenvalue weighted by molar-refractivity contribution is 6.00. The van der Waals surface area contributed by atoms with Gasteiger partial charge in [0.2, 0.25) is 5.91 Å². The number of hydrogen-bond donors (Lipinski definition) is 3. The molecule has 0 aromatic heterocycles. The fraction of sp³-hybridized carbons (Fsp3) is 0.516. The number of rotatable bonds is 10. The van der Waals surface area contributed by atoms with Crippen molar-refractivity contribution in [3.8, 4) is 5.75 Å². The van der Waals surface area contributed by atoms with Crippen molar-refractivity contribution < 1.29 is 24.2 Å². The minimum absolute atomic E-state index is 0.0928. The number of nitrogens with zero attached hydrogens (tertiary/aromatic N) is 1. The van der Waals surface area contributed by atoms with E-state index in [1.165, 1.54) is 11.0 Å². The molecule has 2 atom stereocenters. The Morgan fingerprint density at radius 2 is 1.62 bits per heavy atom. The van der Waals surface area contributed by atoms with Gasteiger partial charge in [0.05, 0.1) is 0 Å². The Morgan fingerprint density at radius 1 is 1.00 bits per heavy atom. The van der Waals surface area contributed by atoms with Gasteiger partial charge < -0.3 is 25.4 Å². The van der Waals surface area contributed by atoms with Gasteiger partial charge in [0.25, 0.3) is 5.91 Å². The molecule has 0 aliphatic rings. The van der Waals surface area contributed by atoms with Crippen molar-refractivity contribution in [3.63, 3.8) is 0 Å². The van der Waals surface area contributed by atoms with Crippen LogP contribution in [-0.2, 0) is 14.3 Å². The van der Waals surface area contributed by atoms with Crippen LogP contribution in [0.3, 0.4) is 0 Å². The Balaban J connectivity index is 2.58. The molecule has 214 valence electrons. The highest BCUT2D eigenvalue weighted by atomic mass is 16.6. The highest BCUT2D eigenvalue weighted by Gasteiger charge is 2.36. The lowest BCUT2D eigenvalue weighted by Crippen LogP contribution is -2.53. The van der Waals surface area contributed by atoms with Crippen molar-refractivity contribution in [3.05, 3.63) is 58.7 Å². The average Bonchev–Trinajstić information content (AvgIpc) is 2.81. The Hall–Kier alpha value is -3.55. The number of aryl methyl sites for hydroxylation is 3. The van der Waals surface area contributed by atoms with E-state index in [1.54, 1.807) is 39.8 Å². The van der Waals surface area contributed by atoms with Gasteiger partial charge in [-0.25, -0.2) is 4.79 Å². The van der Waals surface area contributed by atoms with Crippen LogP contribution in [0.15, 0.2) is 36.4 Å². The molecular weight excluding hydrogens is 494 g/mol. The summed E-state index contributed by atoms with van der Waals surface area (Å²) in [6.45, 7) is 17.0. The fourth-order valence-electron chi connectivity index (χ4n) is 4.48. The predicted octanol–water partition coefficient (Wildman–Crippen LogP) is 6.18. The minimum Gasteiger partial charge on any atom is -0.508 e. The minimum atomic E-state index is -0.995. The number of phenolic OH excluding ortho intramolecular Hbond substituents is 1. The quantitative estimate of drug-likeness (QED) is 0.334. The molecule has 0 bridgehead atoms. The Bertz CT molecular complexity index is 1150. The summed E-state index contributed by atoms with van der Waals surface area (Å²) in [5, 5.41) is 16.0. The highest BCUT2D eigenvalue weighted by Crippen LogP contribution is 2.30. The smallest absolute Gasteiger partial charge is 0.408 e. The molecule has 2 unspecified atom stereocenters. The van der Waals surface area contributed by atoms with Crippen LogP contribution in [0.25, 0.3) is 0 Å². The summed E-state index contributed by atoms with van der Waals surface area (Å²) in [6.07, 6.45) is 0.282. The summed E-state index contributed by atoms with van der Waals surface area (Å²) in [7, 11) is 0. The van der Waals surface area contributed by atoms with Crippen molar-refractivity contribution in [2.75, 3.05) is 11.9 Å². The van der Waals surface area contributed by atoms with E-state index < -0.39 is 23.8 Å². The molecule has 8 nitrogen and oxygen atoms in total. The number of benzene rings is 2. The molecule has 3 amide bonds. The van der Waals surface area contributed by atoms with Crippen molar-refractivity contribution in [1.29, 1.82) is 0 Å². The van der Waals surface area contributed by atoms with Crippen LogP contribution in [-0.4, -0.2) is 46.1 Å². The molecule has 2 aromatic carbocycles. The molecule has 0 heterocycles. The third-order valence-electron chi connectivity index (χ3n) is 6.27. The summed E-state index contributed by atoms with van der Waals surface area (Å²) in [6, 6.07) is 8.79. The van der Waals surface area contributed by atoms with Gasteiger partial charge in [0, 0.05) is 12.2 Å². The summed E-state index contributed by atoms with van der Waals surface area (Å²) >= 11 is 0. The zero-order valence-corrected chi connectivity index (χ0v) is 24.8. The van der Waals surface area contributed by atoms with Gasteiger partial charge in [-0.3, -0.25) is 9.59 Å². The second kappa shape index (κ2) is 13.5. The zero-order chi connectivity index (χ0) is 29.5. The molecule has 0 radical (unpaired) electrons. The fourth-order valence-corrected chi connectivity index (χ4v) is 4.48. The van der Waals surface area contributed by atoms with E-state index in [9.17, 15) is 19.5 Å². The van der Waals surface area contributed by atoms with Gasteiger partial charge in [0.15, 0.2) is 0 Å². The third-order valence-corrected chi connectivity index (χ3v) is 6.27. The Kier molecular flexibility index (Phi) is 11.0. The van der Waals surface area contributed by atoms with Crippen molar-refractivity contribution in [1.82, 2.24) is 10.2 Å². The molecule has 3 N–H and O–H groups in total. The number of phenols is 1. The number of para-hydroxylation sites is 1. The number of ether oxygens (including phenoxy) is 1. The molecule has 0 aliphatic heterocycles. The number of hydrogen-bond acceptors (Lipinski definition) is 5. The first-order valence-electron chi connectivity index (χ1n) is 13.6. The summed E-state index contributed by atoms with van der Waals surface area (Å²) in [5.74, 6) is -0.552. The maximum Gasteiger partial charge on any atom is 0.408 e. The maximum atomic E-state index is 14.2. The van der Waals surface area contributed by atoms with Crippen LogP contribution in [0.1, 0.15) is 82.7 Å². The van der Waals surface area contributed by atoms with Crippen molar-refractivity contribution >= 4 is 23.6 Å². The van der Waals surface area contributed by atoms with Gasteiger partial charge in [0.1, 0.15) is 23.4 Å². The van der Waals surface area contributed by atoms with Gasteiger partial charge in [-0.15, -0.1) is 0 Å². The first-order valence-corrected chi connectivity index (χ1v) is 13.6. The number of anilines is 1. The molecule has 0 fully saturated rings. The lowest BCUT2D eigenvalue weighted by molar-refractivity contribution is -0.141.